The van der Waals surface area contributed by atoms with Crippen LogP contribution in [0.2, 0.25) is 0 Å². The molecular weight excluding hydrogens is 723 g/mol. The van der Waals surface area contributed by atoms with Crippen LogP contribution in [0.25, 0.3) is 0 Å². The van der Waals surface area contributed by atoms with Crippen molar-refractivity contribution in [3.05, 3.63) is 71.3 Å². The molecule has 0 spiro atoms. The van der Waals surface area contributed by atoms with Crippen molar-refractivity contribution >= 4 is 29.9 Å². The Kier molecular flexibility index (Phi) is 16.9. The van der Waals surface area contributed by atoms with Crippen molar-refractivity contribution < 1.29 is 52.0 Å². The maximum atomic E-state index is 15.2. The Morgan fingerprint density at radius 1 is 0.786 bits per heavy atom. The summed E-state index contributed by atoms with van der Waals surface area (Å²) in [6, 6.07) is 14.1. The van der Waals surface area contributed by atoms with Gasteiger partial charge in [-0.2, -0.15) is 0 Å². The summed E-state index contributed by atoms with van der Waals surface area (Å²) in [6.07, 6.45) is -2.24. The van der Waals surface area contributed by atoms with Gasteiger partial charge in [0.1, 0.15) is 30.0 Å². The Labute approximate surface area is 331 Å². The zero-order valence-electron chi connectivity index (χ0n) is 34.7. The summed E-state index contributed by atoms with van der Waals surface area (Å²) in [5.41, 5.74) is -0.271. The van der Waals surface area contributed by atoms with Crippen LogP contribution in [0, 0.1) is 5.92 Å². The van der Waals surface area contributed by atoms with E-state index >= 15 is 4.39 Å². The summed E-state index contributed by atoms with van der Waals surface area (Å²) in [5.74, 6) is -3.12. The van der Waals surface area contributed by atoms with Crippen molar-refractivity contribution in [1.82, 2.24) is 9.80 Å². The van der Waals surface area contributed by atoms with Crippen molar-refractivity contribution in [3.63, 3.8) is 0 Å². The molecule has 0 aliphatic carbocycles. The molecule has 2 aromatic carbocycles. The number of carbonyl (C=O) groups is 5. The van der Waals surface area contributed by atoms with Crippen molar-refractivity contribution in [2.24, 2.45) is 5.92 Å². The number of halogens is 1. The molecule has 1 fully saturated rings. The molecule has 1 aliphatic heterocycles. The number of hydrogen-bond acceptors (Lipinski definition) is 10. The van der Waals surface area contributed by atoms with Gasteiger partial charge in [-0.3, -0.25) is 9.69 Å². The predicted octanol–water partition coefficient (Wildman–Crippen LogP) is 6.96. The van der Waals surface area contributed by atoms with Crippen LogP contribution in [0.4, 0.5) is 9.18 Å². The third kappa shape index (κ3) is 14.9. The van der Waals surface area contributed by atoms with Gasteiger partial charge in [0.15, 0.2) is 12.2 Å². The van der Waals surface area contributed by atoms with E-state index in [9.17, 15) is 24.0 Å². The number of likely N-dealkylation sites (N-methyl/N-ethyl adjacent to an activating group) is 2. The fourth-order valence-corrected chi connectivity index (χ4v) is 6.25. The second kappa shape index (κ2) is 20.6. The second-order valence-electron chi connectivity index (χ2n) is 16.6. The number of carbonyl (C=O) groups excluding carboxylic acids is 5. The number of esters is 3. The highest BCUT2D eigenvalue weighted by molar-refractivity contribution is 5.90. The van der Waals surface area contributed by atoms with Gasteiger partial charge in [0, 0.05) is 40.2 Å². The number of nitrogens with zero attached hydrogens (tertiary/aromatic N) is 2. The average molecular weight is 785 g/mol. The highest BCUT2D eigenvalue weighted by Gasteiger charge is 2.41. The Bertz CT molecular complexity index is 1600. The maximum Gasteiger partial charge on any atom is 0.410 e. The van der Waals surface area contributed by atoms with Crippen molar-refractivity contribution in [1.29, 1.82) is 0 Å². The van der Waals surface area contributed by atoms with Gasteiger partial charge in [-0.05, 0) is 89.3 Å². The minimum Gasteiger partial charge on any atom is -0.458 e. The molecule has 4 unspecified atom stereocenters. The van der Waals surface area contributed by atoms with Crippen LogP contribution in [0.15, 0.2) is 54.6 Å². The van der Waals surface area contributed by atoms with E-state index in [-0.39, 0.29) is 25.4 Å². The monoisotopic (exact) mass is 784 g/mol. The minimum atomic E-state index is -1.92. The largest absolute Gasteiger partial charge is 0.458 e. The smallest absolute Gasteiger partial charge is 0.410 e. The molecule has 2 amide bonds. The van der Waals surface area contributed by atoms with E-state index in [4.69, 9.17) is 23.7 Å². The van der Waals surface area contributed by atoms with E-state index in [1.807, 2.05) is 56.3 Å². The summed E-state index contributed by atoms with van der Waals surface area (Å²) >= 11 is 0. The zero-order valence-corrected chi connectivity index (χ0v) is 34.7. The maximum absolute atomic E-state index is 15.2. The normalized spacial score (nSPS) is 15.9. The van der Waals surface area contributed by atoms with E-state index in [1.165, 1.54) is 34.9 Å². The van der Waals surface area contributed by atoms with Crippen molar-refractivity contribution in [3.8, 4) is 0 Å². The summed E-state index contributed by atoms with van der Waals surface area (Å²) in [6.45, 7) is 14.0. The van der Waals surface area contributed by atoms with Gasteiger partial charge < -0.3 is 28.6 Å². The molecule has 56 heavy (non-hydrogen) atoms. The van der Waals surface area contributed by atoms with Gasteiger partial charge in [0.25, 0.3) is 5.91 Å². The van der Waals surface area contributed by atoms with E-state index < -0.39 is 71.9 Å². The van der Waals surface area contributed by atoms with Crippen molar-refractivity contribution in [2.75, 3.05) is 27.3 Å². The molecule has 12 nitrogen and oxygen atoms in total. The number of rotatable bonds is 17. The predicted molar refractivity (Wildman–Crippen MR) is 208 cm³/mol. The SMILES string of the molecule is CC(C)CC(C(=O)OC(C)C(=O)OCc1ccccc1)N(C)C(=O)C(Cc1ccc(C2CCOCC2)cc1)OC(=O)C(CC(C)(C)F)N(C)C(=O)OC(C)(C)C. The third-order valence-electron chi connectivity index (χ3n) is 9.36. The molecule has 2 aromatic rings. The van der Waals surface area contributed by atoms with Crippen LogP contribution in [0.5, 0.6) is 0 Å². The van der Waals surface area contributed by atoms with Gasteiger partial charge in [0.2, 0.25) is 0 Å². The Balaban J connectivity index is 1.91. The molecule has 0 saturated carbocycles. The van der Waals surface area contributed by atoms with E-state index in [2.05, 4.69) is 0 Å². The first-order valence-corrected chi connectivity index (χ1v) is 19.3. The lowest BCUT2D eigenvalue weighted by atomic mass is 9.90. The quantitative estimate of drug-likeness (QED) is 0.122. The average Bonchev–Trinajstić information content (AvgIpc) is 3.13. The number of ether oxygens (including phenoxy) is 5. The van der Waals surface area contributed by atoms with Gasteiger partial charge in [-0.1, -0.05) is 68.4 Å². The molecule has 0 radical (unpaired) electrons. The second-order valence-corrected chi connectivity index (χ2v) is 16.6. The lowest BCUT2D eigenvalue weighted by Gasteiger charge is -2.34. The van der Waals surface area contributed by atoms with Crippen LogP contribution in [-0.2, 0) is 55.9 Å². The molecule has 310 valence electrons. The number of alkyl halides is 1. The lowest BCUT2D eigenvalue weighted by Crippen LogP contribution is -2.52. The van der Waals surface area contributed by atoms with Crippen LogP contribution < -0.4 is 0 Å². The first kappa shape index (κ1) is 45.9. The van der Waals surface area contributed by atoms with Gasteiger partial charge in [-0.15, -0.1) is 0 Å². The molecule has 0 bridgehead atoms. The van der Waals surface area contributed by atoms with Gasteiger partial charge in [-0.25, -0.2) is 23.6 Å². The molecule has 1 saturated heterocycles. The number of amides is 2. The Morgan fingerprint density at radius 3 is 1.93 bits per heavy atom. The summed E-state index contributed by atoms with van der Waals surface area (Å²) in [5, 5.41) is 0. The zero-order chi connectivity index (χ0) is 41.8. The van der Waals surface area contributed by atoms with Gasteiger partial charge in [0.05, 0.1) is 0 Å². The molecule has 0 N–H and O–H groups in total. The Hall–Kier alpha value is -4.52. The topological polar surface area (TPSA) is 138 Å². The lowest BCUT2D eigenvalue weighted by molar-refractivity contribution is -0.174. The fraction of sp³-hybridized carbons (Fsp3) is 0.605. The first-order chi connectivity index (χ1) is 26.1. The molecule has 1 heterocycles. The van der Waals surface area contributed by atoms with E-state index in [0.717, 1.165) is 33.8 Å². The van der Waals surface area contributed by atoms with Crippen LogP contribution in [-0.4, -0.2) is 103 Å². The first-order valence-electron chi connectivity index (χ1n) is 19.3. The molecule has 13 heteroatoms. The Morgan fingerprint density at radius 2 is 1.38 bits per heavy atom. The van der Waals surface area contributed by atoms with Crippen LogP contribution in [0.3, 0.4) is 0 Å². The molecular formula is C43H61FN2O10. The van der Waals surface area contributed by atoms with E-state index in [1.54, 1.807) is 32.9 Å². The molecule has 0 aromatic heterocycles. The highest BCUT2D eigenvalue weighted by atomic mass is 19.1. The standard InChI is InChI=1S/C43H61FN2O10/c1-28(2)24-34(39(49)54-29(3)38(48)53-27-31-14-12-11-13-15-31)45(9)37(47)36(25-30-16-18-32(19-17-30)33-20-22-52-23-21-33)55-40(50)35(26-43(7,8)44)46(10)41(51)56-42(4,5)6/h11-19,28-29,33-36H,20-27H2,1-10H3. The van der Waals surface area contributed by atoms with Crippen LogP contribution >= 0.6 is 0 Å². The molecule has 4 atom stereocenters. The molecule has 1 aliphatic rings. The summed E-state index contributed by atoms with van der Waals surface area (Å²) in [4.78, 5) is 70.2. The molecule has 3 rings (SSSR count). The minimum absolute atomic E-state index is 0.0117. The van der Waals surface area contributed by atoms with Gasteiger partial charge >= 0.3 is 24.0 Å². The number of hydrogen-bond donors (Lipinski definition) is 0. The van der Waals surface area contributed by atoms with Crippen molar-refractivity contribution in [2.45, 2.75) is 136 Å². The highest BCUT2D eigenvalue weighted by Crippen LogP contribution is 2.28. The summed E-state index contributed by atoms with van der Waals surface area (Å²) in [7, 11) is 2.71. The third-order valence-corrected chi connectivity index (χ3v) is 9.36. The summed E-state index contributed by atoms with van der Waals surface area (Å²) < 4.78 is 43.0. The van der Waals surface area contributed by atoms with Crippen LogP contribution in [0.1, 0.15) is 104 Å². The number of benzene rings is 2. The fourth-order valence-electron chi connectivity index (χ4n) is 6.25. The van der Waals surface area contributed by atoms with E-state index in [0.29, 0.717) is 24.7 Å².